The molecule has 0 saturated carbocycles. The minimum atomic E-state index is -0.628. The van der Waals surface area contributed by atoms with Gasteiger partial charge in [-0.05, 0) is 43.2 Å². The summed E-state index contributed by atoms with van der Waals surface area (Å²) in [6, 6.07) is 9.91. The van der Waals surface area contributed by atoms with Gasteiger partial charge in [0.05, 0.1) is 6.61 Å². The molecule has 0 spiro atoms. The van der Waals surface area contributed by atoms with Crippen molar-refractivity contribution in [3.8, 4) is 5.75 Å². The van der Waals surface area contributed by atoms with Gasteiger partial charge in [-0.25, -0.2) is 8.78 Å². The maximum absolute atomic E-state index is 13.6. The van der Waals surface area contributed by atoms with Crippen molar-refractivity contribution in [2.24, 2.45) is 0 Å². The highest BCUT2D eigenvalue weighted by Crippen LogP contribution is 2.14. The first-order chi connectivity index (χ1) is 11.5. The van der Waals surface area contributed by atoms with Crippen LogP contribution in [0.25, 0.3) is 0 Å². The summed E-state index contributed by atoms with van der Waals surface area (Å²) < 4.78 is 32.5. The van der Waals surface area contributed by atoms with Crippen molar-refractivity contribution in [2.75, 3.05) is 6.61 Å². The molecule has 0 fully saturated rings. The molecule has 128 valence electrons. The Labute approximate surface area is 139 Å². The van der Waals surface area contributed by atoms with E-state index in [1.54, 1.807) is 31.2 Å². The molecule has 0 aromatic heterocycles. The lowest BCUT2D eigenvalue weighted by Crippen LogP contribution is -2.37. The van der Waals surface area contributed by atoms with Crippen LogP contribution in [-0.4, -0.2) is 23.7 Å². The maximum atomic E-state index is 13.6. The topological polar surface area (TPSA) is 58.6 Å². The Morgan fingerprint density at radius 1 is 1.17 bits per heavy atom. The van der Waals surface area contributed by atoms with Crippen LogP contribution in [0.15, 0.2) is 42.5 Å². The highest BCUT2D eigenvalue weighted by molar-refractivity contribution is 5.77. The lowest BCUT2D eigenvalue weighted by Gasteiger charge is -2.15. The predicted octanol–water partition coefficient (Wildman–Crippen LogP) is 2.58. The van der Waals surface area contributed by atoms with Gasteiger partial charge in [0, 0.05) is 11.6 Å². The third-order valence-corrected chi connectivity index (χ3v) is 3.46. The number of ether oxygens (including phenoxy) is 1. The van der Waals surface area contributed by atoms with E-state index in [4.69, 9.17) is 9.84 Å². The number of hydrogen-bond acceptors (Lipinski definition) is 3. The Morgan fingerprint density at radius 3 is 2.38 bits per heavy atom. The summed E-state index contributed by atoms with van der Waals surface area (Å²) in [7, 11) is 0. The van der Waals surface area contributed by atoms with Crippen LogP contribution in [0.5, 0.6) is 5.75 Å². The zero-order valence-corrected chi connectivity index (χ0v) is 13.3. The van der Waals surface area contributed by atoms with Gasteiger partial charge in [-0.3, -0.25) is 4.79 Å². The minimum Gasteiger partial charge on any atom is -0.484 e. The van der Waals surface area contributed by atoms with Crippen molar-refractivity contribution in [1.29, 1.82) is 0 Å². The molecule has 0 aliphatic rings. The molecular weight excluding hydrogens is 316 g/mol. The summed E-state index contributed by atoms with van der Waals surface area (Å²) in [5, 5.41) is 11.6. The van der Waals surface area contributed by atoms with Crippen LogP contribution < -0.4 is 10.1 Å². The molecule has 2 aromatic rings. The largest absolute Gasteiger partial charge is 0.484 e. The van der Waals surface area contributed by atoms with Crippen LogP contribution >= 0.6 is 0 Å². The first-order valence-corrected chi connectivity index (χ1v) is 7.54. The molecule has 0 heterocycles. The van der Waals surface area contributed by atoms with Crippen LogP contribution in [0.4, 0.5) is 8.78 Å². The van der Waals surface area contributed by atoms with Gasteiger partial charge in [0.1, 0.15) is 17.4 Å². The zero-order chi connectivity index (χ0) is 17.5. The first kappa shape index (κ1) is 17.9. The number of aliphatic hydroxyl groups is 1. The van der Waals surface area contributed by atoms with E-state index < -0.39 is 17.7 Å². The molecule has 0 saturated heterocycles. The third kappa shape index (κ3) is 5.03. The van der Waals surface area contributed by atoms with Crippen molar-refractivity contribution < 1.29 is 23.4 Å². The zero-order valence-electron chi connectivity index (χ0n) is 13.3. The van der Waals surface area contributed by atoms with Crippen LogP contribution in [0.3, 0.4) is 0 Å². The average molecular weight is 335 g/mol. The van der Waals surface area contributed by atoms with Crippen molar-refractivity contribution in [2.45, 2.75) is 26.0 Å². The normalized spacial score (nSPS) is 11.8. The van der Waals surface area contributed by atoms with E-state index in [1.807, 2.05) is 0 Å². The van der Waals surface area contributed by atoms with Gasteiger partial charge in [-0.1, -0.05) is 18.2 Å². The third-order valence-electron chi connectivity index (χ3n) is 3.46. The number of nitrogens with one attached hydrogen (secondary N) is 1. The van der Waals surface area contributed by atoms with Crippen molar-refractivity contribution >= 4 is 5.91 Å². The maximum Gasteiger partial charge on any atom is 0.258 e. The lowest BCUT2D eigenvalue weighted by molar-refractivity contribution is -0.123. The van der Waals surface area contributed by atoms with E-state index in [0.717, 1.165) is 5.56 Å². The second-order valence-corrected chi connectivity index (χ2v) is 5.46. The molecule has 24 heavy (non-hydrogen) atoms. The van der Waals surface area contributed by atoms with E-state index in [0.29, 0.717) is 5.75 Å². The molecule has 6 heteroatoms. The van der Waals surface area contributed by atoms with Crippen LogP contribution in [0.1, 0.15) is 18.1 Å². The molecule has 2 aromatic carbocycles. The fourth-order valence-electron chi connectivity index (χ4n) is 2.24. The van der Waals surface area contributed by atoms with E-state index >= 15 is 0 Å². The smallest absolute Gasteiger partial charge is 0.258 e. The fourth-order valence-corrected chi connectivity index (χ4v) is 2.24. The molecule has 2 N–H and O–H groups in total. The van der Waals surface area contributed by atoms with E-state index in [9.17, 15) is 13.6 Å². The van der Waals surface area contributed by atoms with Gasteiger partial charge < -0.3 is 15.2 Å². The molecule has 2 rings (SSSR count). The van der Waals surface area contributed by atoms with Crippen molar-refractivity contribution in [3.05, 3.63) is 65.2 Å². The quantitative estimate of drug-likeness (QED) is 0.818. The standard InChI is InChI=1S/C18H19F2NO3/c1-12(9-15-16(19)3-2-4-17(15)20)21-18(23)11-24-14-7-5-13(10-22)6-8-14/h2-8,12,22H,9-11H2,1H3,(H,21,23). The van der Waals surface area contributed by atoms with E-state index in [2.05, 4.69) is 5.32 Å². The van der Waals surface area contributed by atoms with Gasteiger partial charge in [0.25, 0.3) is 5.91 Å². The summed E-state index contributed by atoms with van der Waals surface area (Å²) in [6.45, 7) is 1.40. The summed E-state index contributed by atoms with van der Waals surface area (Å²) in [5.74, 6) is -1.15. The highest BCUT2D eigenvalue weighted by atomic mass is 19.1. The summed E-state index contributed by atoms with van der Waals surface area (Å²) in [5.41, 5.74) is 0.693. The predicted molar refractivity (Wildman–Crippen MR) is 85.5 cm³/mol. The second kappa shape index (κ2) is 8.40. The molecule has 1 atom stereocenters. The number of halogens is 2. The van der Waals surface area contributed by atoms with Crippen molar-refractivity contribution in [3.63, 3.8) is 0 Å². The number of rotatable bonds is 7. The Hall–Kier alpha value is -2.47. The fraction of sp³-hybridized carbons (Fsp3) is 0.278. The molecule has 0 aliphatic carbocycles. The van der Waals surface area contributed by atoms with Gasteiger partial charge >= 0.3 is 0 Å². The first-order valence-electron chi connectivity index (χ1n) is 7.54. The van der Waals surface area contributed by atoms with Gasteiger partial charge in [-0.15, -0.1) is 0 Å². The molecule has 4 nitrogen and oxygen atoms in total. The number of amides is 1. The van der Waals surface area contributed by atoms with Gasteiger partial charge in [0.2, 0.25) is 0 Å². The molecule has 0 radical (unpaired) electrons. The Kier molecular flexibility index (Phi) is 6.26. The molecular formula is C18H19F2NO3. The Morgan fingerprint density at radius 2 is 1.79 bits per heavy atom. The monoisotopic (exact) mass is 335 g/mol. The molecule has 1 unspecified atom stereocenters. The molecule has 1 amide bonds. The van der Waals surface area contributed by atoms with Gasteiger partial charge in [0.15, 0.2) is 6.61 Å². The second-order valence-electron chi connectivity index (χ2n) is 5.46. The number of benzene rings is 2. The van der Waals surface area contributed by atoms with Crippen LogP contribution in [0.2, 0.25) is 0 Å². The SMILES string of the molecule is CC(Cc1c(F)cccc1F)NC(=O)COc1ccc(CO)cc1. The number of hydrogen-bond donors (Lipinski definition) is 2. The van der Waals surface area contributed by atoms with Crippen LogP contribution in [0, 0.1) is 11.6 Å². The van der Waals surface area contributed by atoms with E-state index in [1.165, 1.54) is 18.2 Å². The minimum absolute atomic E-state index is 0.0502. The summed E-state index contributed by atoms with van der Waals surface area (Å²) in [4.78, 5) is 11.8. The Bertz CT molecular complexity index is 669. The van der Waals surface area contributed by atoms with E-state index in [-0.39, 0.29) is 31.1 Å². The number of carbonyl (C=O) groups is 1. The Balaban J connectivity index is 1.83. The van der Waals surface area contributed by atoms with Crippen LogP contribution in [-0.2, 0) is 17.8 Å². The van der Waals surface area contributed by atoms with Gasteiger partial charge in [-0.2, -0.15) is 0 Å². The molecule has 0 aliphatic heterocycles. The molecule has 0 bridgehead atoms. The summed E-state index contributed by atoms with van der Waals surface area (Å²) in [6.07, 6.45) is 0.0510. The average Bonchev–Trinajstić information content (AvgIpc) is 2.57. The summed E-state index contributed by atoms with van der Waals surface area (Å²) >= 11 is 0. The number of carbonyl (C=O) groups excluding carboxylic acids is 1. The number of aliphatic hydroxyl groups excluding tert-OH is 1. The van der Waals surface area contributed by atoms with Crippen molar-refractivity contribution in [1.82, 2.24) is 5.32 Å². The lowest BCUT2D eigenvalue weighted by atomic mass is 10.1. The highest BCUT2D eigenvalue weighted by Gasteiger charge is 2.14.